The summed E-state index contributed by atoms with van der Waals surface area (Å²) < 4.78 is 0. The summed E-state index contributed by atoms with van der Waals surface area (Å²) in [6.07, 6.45) is 2.04. The second kappa shape index (κ2) is 9.10. The molecule has 6 nitrogen and oxygen atoms in total. The van der Waals surface area contributed by atoms with Crippen LogP contribution < -0.4 is 5.32 Å². The summed E-state index contributed by atoms with van der Waals surface area (Å²) in [6.45, 7) is 6.81. The number of hydrogen-bond acceptors (Lipinski definition) is 5. The average Bonchev–Trinajstić information content (AvgIpc) is 3.32. The van der Waals surface area contributed by atoms with Gasteiger partial charge < -0.3 is 4.90 Å². The molecule has 144 valence electrons. The number of amides is 2. The quantitative estimate of drug-likeness (QED) is 0.792. The highest BCUT2D eigenvalue weighted by molar-refractivity contribution is 7.14. The van der Waals surface area contributed by atoms with Gasteiger partial charge in [-0.25, -0.2) is 4.98 Å². The van der Waals surface area contributed by atoms with Gasteiger partial charge in [-0.05, 0) is 45.4 Å². The van der Waals surface area contributed by atoms with Gasteiger partial charge in [-0.15, -0.1) is 11.3 Å². The van der Waals surface area contributed by atoms with E-state index in [0.29, 0.717) is 17.2 Å². The number of likely N-dealkylation sites (N-methyl/N-ethyl adjacent to an activating group) is 1. The van der Waals surface area contributed by atoms with E-state index in [1.54, 1.807) is 12.1 Å². The van der Waals surface area contributed by atoms with Crippen LogP contribution >= 0.6 is 11.3 Å². The van der Waals surface area contributed by atoms with Gasteiger partial charge in [0.05, 0.1) is 18.3 Å². The molecule has 1 saturated heterocycles. The molecule has 2 aromatic rings. The minimum atomic E-state index is -0.156. The number of carbonyl (C=O) groups is 2. The molecule has 1 aliphatic rings. The third kappa shape index (κ3) is 4.73. The van der Waals surface area contributed by atoms with Crippen molar-refractivity contribution in [3.63, 3.8) is 0 Å². The molecule has 0 bridgehead atoms. The lowest BCUT2D eigenvalue weighted by Gasteiger charge is -2.26. The molecule has 1 unspecified atom stereocenters. The Morgan fingerprint density at radius 1 is 1.26 bits per heavy atom. The number of nitrogens with zero attached hydrogens (tertiary/aromatic N) is 3. The van der Waals surface area contributed by atoms with Crippen LogP contribution in [0.15, 0.2) is 35.7 Å². The Bertz CT molecular complexity index is 773. The molecule has 1 aromatic carbocycles. The number of thiazole rings is 1. The second-order valence-corrected chi connectivity index (χ2v) is 7.45. The maximum atomic E-state index is 12.5. The Hall–Kier alpha value is -2.25. The zero-order chi connectivity index (χ0) is 19.2. The van der Waals surface area contributed by atoms with E-state index in [1.807, 2.05) is 42.3 Å². The first kappa shape index (κ1) is 19.5. The van der Waals surface area contributed by atoms with Gasteiger partial charge in [-0.3, -0.25) is 19.8 Å². The maximum absolute atomic E-state index is 12.5. The maximum Gasteiger partial charge on any atom is 0.257 e. The molecule has 1 aromatic heterocycles. The van der Waals surface area contributed by atoms with E-state index in [1.165, 1.54) is 11.3 Å². The SMILES string of the molecule is CCN(CC)C(=O)CN1CCCC1c1csc(NC(=O)c2ccccc2)n1. The van der Waals surface area contributed by atoms with E-state index in [2.05, 4.69) is 15.2 Å². The van der Waals surface area contributed by atoms with Gasteiger partial charge >= 0.3 is 0 Å². The van der Waals surface area contributed by atoms with Crippen molar-refractivity contribution in [2.24, 2.45) is 0 Å². The monoisotopic (exact) mass is 386 g/mol. The minimum Gasteiger partial charge on any atom is -0.342 e. The fraction of sp³-hybridized carbons (Fsp3) is 0.450. The van der Waals surface area contributed by atoms with Crippen molar-refractivity contribution in [3.05, 3.63) is 47.0 Å². The van der Waals surface area contributed by atoms with Crippen LogP contribution in [0.2, 0.25) is 0 Å². The summed E-state index contributed by atoms with van der Waals surface area (Å²) in [7, 11) is 0. The molecule has 2 heterocycles. The van der Waals surface area contributed by atoms with E-state index in [9.17, 15) is 9.59 Å². The summed E-state index contributed by atoms with van der Waals surface area (Å²) in [5.74, 6) is 0.0104. The Labute approximate surface area is 164 Å². The smallest absolute Gasteiger partial charge is 0.257 e. The highest BCUT2D eigenvalue weighted by Gasteiger charge is 2.30. The molecule has 1 fully saturated rings. The molecule has 3 rings (SSSR count). The van der Waals surface area contributed by atoms with Crippen molar-refractivity contribution in [3.8, 4) is 0 Å². The van der Waals surface area contributed by atoms with E-state index < -0.39 is 0 Å². The third-order valence-corrected chi connectivity index (χ3v) is 5.71. The van der Waals surface area contributed by atoms with E-state index in [0.717, 1.165) is 38.2 Å². The van der Waals surface area contributed by atoms with Crippen molar-refractivity contribution in [1.29, 1.82) is 0 Å². The summed E-state index contributed by atoms with van der Waals surface area (Å²) in [4.78, 5) is 33.4. The zero-order valence-corrected chi connectivity index (χ0v) is 16.7. The summed E-state index contributed by atoms with van der Waals surface area (Å²) in [6, 6.07) is 9.26. The Balaban J connectivity index is 1.64. The summed E-state index contributed by atoms with van der Waals surface area (Å²) in [5, 5.41) is 5.46. The van der Waals surface area contributed by atoms with Crippen molar-refractivity contribution < 1.29 is 9.59 Å². The van der Waals surface area contributed by atoms with Crippen LogP contribution in [0.4, 0.5) is 5.13 Å². The molecule has 7 heteroatoms. The summed E-state index contributed by atoms with van der Waals surface area (Å²) >= 11 is 1.43. The Morgan fingerprint density at radius 2 is 2.00 bits per heavy atom. The van der Waals surface area contributed by atoms with Gasteiger partial charge in [0, 0.05) is 24.0 Å². The lowest BCUT2D eigenvalue weighted by atomic mass is 10.1. The lowest BCUT2D eigenvalue weighted by molar-refractivity contribution is -0.132. The van der Waals surface area contributed by atoms with Gasteiger partial charge in [-0.2, -0.15) is 0 Å². The highest BCUT2D eigenvalue weighted by Crippen LogP contribution is 2.33. The van der Waals surface area contributed by atoms with Crippen LogP contribution in [0, 0.1) is 0 Å². The minimum absolute atomic E-state index is 0.142. The fourth-order valence-corrected chi connectivity index (χ4v) is 4.21. The van der Waals surface area contributed by atoms with Crippen molar-refractivity contribution >= 4 is 28.3 Å². The first-order chi connectivity index (χ1) is 13.1. The molecule has 0 spiro atoms. The molecule has 2 amide bonds. The van der Waals surface area contributed by atoms with Crippen LogP contribution in [0.1, 0.15) is 48.8 Å². The number of hydrogen-bond donors (Lipinski definition) is 1. The molecular weight excluding hydrogens is 360 g/mol. The first-order valence-electron chi connectivity index (χ1n) is 9.46. The number of nitrogens with one attached hydrogen (secondary N) is 1. The molecule has 1 atom stereocenters. The molecule has 0 aliphatic carbocycles. The van der Waals surface area contributed by atoms with Gasteiger partial charge in [-0.1, -0.05) is 18.2 Å². The van der Waals surface area contributed by atoms with Gasteiger partial charge in [0.2, 0.25) is 5.91 Å². The number of carbonyl (C=O) groups excluding carboxylic acids is 2. The number of likely N-dealkylation sites (tertiary alicyclic amines) is 1. The molecule has 1 N–H and O–H groups in total. The van der Waals surface area contributed by atoms with Crippen LogP contribution in [0.5, 0.6) is 0 Å². The third-order valence-electron chi connectivity index (χ3n) is 4.94. The fourth-order valence-electron chi connectivity index (χ4n) is 3.46. The van der Waals surface area contributed by atoms with Crippen LogP contribution in [0.25, 0.3) is 0 Å². The first-order valence-corrected chi connectivity index (χ1v) is 10.3. The highest BCUT2D eigenvalue weighted by atomic mass is 32.1. The van der Waals surface area contributed by atoms with Crippen LogP contribution in [0.3, 0.4) is 0 Å². The number of anilines is 1. The molecule has 1 aliphatic heterocycles. The number of rotatable bonds is 7. The van der Waals surface area contributed by atoms with Gasteiger partial charge in [0.25, 0.3) is 5.91 Å². The predicted molar refractivity (Wildman–Crippen MR) is 108 cm³/mol. The number of benzene rings is 1. The van der Waals surface area contributed by atoms with Gasteiger partial charge in [0.15, 0.2) is 5.13 Å². The van der Waals surface area contributed by atoms with Gasteiger partial charge in [0.1, 0.15) is 0 Å². The largest absolute Gasteiger partial charge is 0.342 e. The van der Waals surface area contributed by atoms with Crippen molar-refractivity contribution in [2.45, 2.75) is 32.7 Å². The second-order valence-electron chi connectivity index (χ2n) is 6.59. The van der Waals surface area contributed by atoms with Crippen LogP contribution in [-0.2, 0) is 4.79 Å². The lowest BCUT2D eigenvalue weighted by Crippen LogP contribution is -2.40. The Morgan fingerprint density at radius 3 is 2.70 bits per heavy atom. The predicted octanol–water partition coefficient (Wildman–Crippen LogP) is 3.40. The molecule has 0 saturated carbocycles. The van der Waals surface area contributed by atoms with Crippen molar-refractivity contribution in [1.82, 2.24) is 14.8 Å². The van der Waals surface area contributed by atoms with E-state index in [4.69, 9.17) is 0 Å². The summed E-state index contributed by atoms with van der Waals surface area (Å²) in [5.41, 5.74) is 1.55. The normalized spacial score (nSPS) is 17.0. The Kier molecular flexibility index (Phi) is 6.58. The number of aromatic nitrogens is 1. The van der Waals surface area contributed by atoms with Crippen LogP contribution in [-0.4, -0.2) is 52.8 Å². The zero-order valence-electron chi connectivity index (χ0n) is 15.9. The molecular formula is C20H26N4O2S. The molecule has 0 radical (unpaired) electrons. The van der Waals surface area contributed by atoms with Crippen molar-refractivity contribution in [2.75, 3.05) is 31.5 Å². The van der Waals surface area contributed by atoms with E-state index in [-0.39, 0.29) is 17.9 Å². The average molecular weight is 387 g/mol. The standard InChI is InChI=1S/C20H26N4O2S/c1-3-23(4-2)18(25)13-24-12-8-11-17(24)16-14-27-20(21-16)22-19(26)15-9-6-5-7-10-15/h5-7,9-10,14,17H,3-4,8,11-13H2,1-2H3,(H,21,22,26). The topological polar surface area (TPSA) is 65.5 Å². The molecule has 27 heavy (non-hydrogen) atoms. The van der Waals surface area contributed by atoms with E-state index >= 15 is 0 Å².